The van der Waals surface area contributed by atoms with Gasteiger partial charge >= 0.3 is 0 Å². The van der Waals surface area contributed by atoms with Crippen LogP contribution in [-0.2, 0) is 6.54 Å². The Morgan fingerprint density at radius 2 is 1.83 bits per heavy atom. The van der Waals surface area contributed by atoms with E-state index >= 15 is 0 Å². The predicted octanol–water partition coefficient (Wildman–Crippen LogP) is 1.62. The fraction of sp³-hybridized carbons (Fsp3) is 0.231. The maximum Gasteiger partial charge on any atom is 0.161 e. The Bertz CT molecular complexity index is 529. The molecule has 2 aromatic rings. The zero-order valence-electron chi connectivity index (χ0n) is 10.4. The molecule has 0 atom stereocenters. The topological polar surface area (TPSA) is 70.3 Å². The highest BCUT2D eigenvalue weighted by atomic mass is 16.5. The van der Waals surface area contributed by atoms with E-state index in [4.69, 9.17) is 15.2 Å². The summed E-state index contributed by atoms with van der Waals surface area (Å²) >= 11 is 0. The van der Waals surface area contributed by atoms with Gasteiger partial charge < -0.3 is 15.2 Å². The molecule has 0 radical (unpaired) electrons. The van der Waals surface area contributed by atoms with Crippen LogP contribution in [0.2, 0.25) is 0 Å². The molecule has 0 aliphatic carbocycles. The molecule has 0 unspecified atom stereocenters. The van der Waals surface area contributed by atoms with Crippen LogP contribution in [0.4, 0.5) is 0 Å². The van der Waals surface area contributed by atoms with E-state index in [0.29, 0.717) is 18.0 Å². The Balaban J connectivity index is 2.59. The van der Waals surface area contributed by atoms with Crippen molar-refractivity contribution in [1.82, 2.24) is 9.97 Å². The molecule has 0 saturated carbocycles. The second kappa shape index (κ2) is 5.46. The van der Waals surface area contributed by atoms with Crippen molar-refractivity contribution in [3.05, 3.63) is 36.3 Å². The van der Waals surface area contributed by atoms with Crippen LogP contribution in [0.5, 0.6) is 11.5 Å². The molecule has 0 aliphatic rings. The number of nitrogens with zero attached hydrogens (tertiary/aromatic N) is 2. The standard InChI is InChI=1S/C13H15N3O2/c1-17-12-5-9(7-14)10(6-13(12)18-2)11-8-15-3-4-16-11/h3-6,8H,7,14H2,1-2H3. The van der Waals surface area contributed by atoms with Gasteiger partial charge in [0.05, 0.1) is 26.1 Å². The number of hydrogen-bond donors (Lipinski definition) is 1. The van der Waals surface area contributed by atoms with Crippen molar-refractivity contribution in [2.45, 2.75) is 6.54 Å². The largest absolute Gasteiger partial charge is 0.493 e. The molecule has 5 heteroatoms. The highest BCUT2D eigenvalue weighted by molar-refractivity contribution is 5.67. The Morgan fingerprint density at radius 3 is 2.39 bits per heavy atom. The molecule has 0 fully saturated rings. The molecule has 0 saturated heterocycles. The zero-order chi connectivity index (χ0) is 13.0. The molecule has 1 heterocycles. The van der Waals surface area contributed by atoms with Gasteiger partial charge in [-0.25, -0.2) is 0 Å². The van der Waals surface area contributed by atoms with Gasteiger partial charge in [0, 0.05) is 24.5 Å². The fourth-order valence-electron chi connectivity index (χ4n) is 1.77. The molecule has 1 aromatic carbocycles. The summed E-state index contributed by atoms with van der Waals surface area (Å²) in [4.78, 5) is 8.33. The fourth-order valence-corrected chi connectivity index (χ4v) is 1.77. The van der Waals surface area contributed by atoms with Crippen LogP contribution in [-0.4, -0.2) is 24.2 Å². The molecule has 0 bridgehead atoms. The van der Waals surface area contributed by atoms with E-state index in [-0.39, 0.29) is 0 Å². The Hall–Kier alpha value is -2.14. The lowest BCUT2D eigenvalue weighted by atomic mass is 10.0. The monoisotopic (exact) mass is 245 g/mol. The molecule has 1 aromatic heterocycles. The van der Waals surface area contributed by atoms with E-state index in [9.17, 15) is 0 Å². The minimum Gasteiger partial charge on any atom is -0.493 e. The SMILES string of the molecule is COc1cc(CN)c(-c2cnccn2)cc1OC. The lowest BCUT2D eigenvalue weighted by molar-refractivity contribution is 0.354. The summed E-state index contributed by atoms with van der Waals surface area (Å²) in [7, 11) is 3.20. The van der Waals surface area contributed by atoms with Gasteiger partial charge in [-0.1, -0.05) is 0 Å². The zero-order valence-corrected chi connectivity index (χ0v) is 10.4. The summed E-state index contributed by atoms with van der Waals surface area (Å²) in [6, 6.07) is 3.73. The molecule has 94 valence electrons. The number of methoxy groups -OCH3 is 2. The number of benzene rings is 1. The van der Waals surface area contributed by atoms with Crippen LogP contribution in [0, 0.1) is 0 Å². The third-order valence-corrected chi connectivity index (χ3v) is 2.67. The summed E-state index contributed by atoms with van der Waals surface area (Å²) in [5.74, 6) is 1.31. The van der Waals surface area contributed by atoms with Crippen molar-refractivity contribution >= 4 is 0 Å². The third-order valence-electron chi connectivity index (χ3n) is 2.67. The molecule has 0 aliphatic heterocycles. The number of nitrogens with two attached hydrogens (primary N) is 1. The van der Waals surface area contributed by atoms with Gasteiger partial charge in [0.25, 0.3) is 0 Å². The molecule has 0 amide bonds. The summed E-state index contributed by atoms with van der Waals surface area (Å²) < 4.78 is 10.5. The lowest BCUT2D eigenvalue weighted by Crippen LogP contribution is -2.02. The molecular formula is C13H15N3O2. The predicted molar refractivity (Wildman–Crippen MR) is 68.5 cm³/mol. The summed E-state index contributed by atoms with van der Waals surface area (Å²) in [6.45, 7) is 0.395. The molecule has 2 rings (SSSR count). The van der Waals surface area contributed by atoms with E-state index in [1.54, 1.807) is 32.8 Å². The summed E-state index contributed by atoms with van der Waals surface area (Å²) in [5, 5.41) is 0. The second-order valence-electron chi connectivity index (χ2n) is 3.66. The Labute approximate surface area is 106 Å². The highest BCUT2D eigenvalue weighted by Gasteiger charge is 2.12. The van der Waals surface area contributed by atoms with Crippen LogP contribution < -0.4 is 15.2 Å². The lowest BCUT2D eigenvalue weighted by Gasteiger charge is -2.13. The smallest absolute Gasteiger partial charge is 0.161 e. The normalized spacial score (nSPS) is 10.2. The van der Waals surface area contributed by atoms with Crippen LogP contribution in [0.15, 0.2) is 30.7 Å². The quantitative estimate of drug-likeness (QED) is 0.886. The van der Waals surface area contributed by atoms with Crippen LogP contribution in [0.3, 0.4) is 0 Å². The van der Waals surface area contributed by atoms with Crippen LogP contribution in [0.25, 0.3) is 11.3 Å². The van der Waals surface area contributed by atoms with Gasteiger partial charge in [-0.2, -0.15) is 0 Å². The average Bonchev–Trinajstić information content (AvgIpc) is 2.46. The van der Waals surface area contributed by atoms with E-state index in [1.807, 2.05) is 12.1 Å². The molecule has 5 nitrogen and oxygen atoms in total. The van der Waals surface area contributed by atoms with Gasteiger partial charge in [0.2, 0.25) is 0 Å². The molecule has 2 N–H and O–H groups in total. The first-order valence-corrected chi connectivity index (χ1v) is 5.51. The Kier molecular flexibility index (Phi) is 3.74. The van der Waals surface area contributed by atoms with Crippen molar-refractivity contribution < 1.29 is 9.47 Å². The van der Waals surface area contributed by atoms with Crippen molar-refractivity contribution in [2.75, 3.05) is 14.2 Å². The number of rotatable bonds is 4. The second-order valence-corrected chi connectivity index (χ2v) is 3.66. The molecular weight excluding hydrogens is 230 g/mol. The minimum atomic E-state index is 0.395. The Morgan fingerprint density at radius 1 is 1.11 bits per heavy atom. The van der Waals surface area contributed by atoms with E-state index in [2.05, 4.69) is 9.97 Å². The number of hydrogen-bond acceptors (Lipinski definition) is 5. The van der Waals surface area contributed by atoms with Gasteiger partial charge in [-0.05, 0) is 17.7 Å². The molecule has 0 spiro atoms. The van der Waals surface area contributed by atoms with E-state index in [0.717, 1.165) is 16.8 Å². The van der Waals surface area contributed by atoms with Gasteiger partial charge in [-0.3, -0.25) is 9.97 Å². The van der Waals surface area contributed by atoms with Gasteiger partial charge in [0.15, 0.2) is 11.5 Å². The summed E-state index contributed by atoms with van der Waals surface area (Å²) in [6.07, 6.45) is 4.97. The minimum absolute atomic E-state index is 0.395. The van der Waals surface area contributed by atoms with Crippen LogP contribution >= 0.6 is 0 Å². The number of aromatic nitrogens is 2. The first-order chi connectivity index (χ1) is 8.80. The average molecular weight is 245 g/mol. The highest BCUT2D eigenvalue weighted by Crippen LogP contribution is 2.34. The summed E-state index contributed by atoms with van der Waals surface area (Å²) in [5.41, 5.74) is 8.37. The van der Waals surface area contributed by atoms with E-state index in [1.165, 1.54) is 0 Å². The maximum atomic E-state index is 5.76. The first-order valence-electron chi connectivity index (χ1n) is 5.51. The maximum absolute atomic E-state index is 5.76. The van der Waals surface area contributed by atoms with Crippen molar-refractivity contribution in [3.63, 3.8) is 0 Å². The van der Waals surface area contributed by atoms with Crippen molar-refractivity contribution in [3.8, 4) is 22.8 Å². The number of ether oxygens (including phenoxy) is 2. The molecule has 18 heavy (non-hydrogen) atoms. The van der Waals surface area contributed by atoms with Crippen LogP contribution in [0.1, 0.15) is 5.56 Å². The van der Waals surface area contributed by atoms with Crippen molar-refractivity contribution in [1.29, 1.82) is 0 Å². The van der Waals surface area contributed by atoms with E-state index < -0.39 is 0 Å². The third kappa shape index (κ3) is 2.26. The van der Waals surface area contributed by atoms with Gasteiger partial charge in [0.1, 0.15) is 0 Å². The van der Waals surface area contributed by atoms with Crippen molar-refractivity contribution in [2.24, 2.45) is 5.73 Å². The first kappa shape index (κ1) is 12.3. The van der Waals surface area contributed by atoms with Gasteiger partial charge in [-0.15, -0.1) is 0 Å².